The maximum atomic E-state index is 13.0. The molecule has 6 heteroatoms. The second-order valence-electron chi connectivity index (χ2n) is 6.01. The van der Waals surface area contributed by atoms with Crippen LogP contribution in [0.1, 0.15) is 13.8 Å². The summed E-state index contributed by atoms with van der Waals surface area (Å²) in [5, 5.41) is 4.31. The van der Waals surface area contributed by atoms with Crippen molar-refractivity contribution in [2.24, 2.45) is 0 Å². The molecule has 0 saturated heterocycles. The third-order valence-corrected chi connectivity index (χ3v) is 4.56. The normalized spacial score (nSPS) is 11.5. The molecule has 0 aliphatic rings. The number of anilines is 3. The quantitative estimate of drug-likeness (QED) is 0.471. The second-order valence-corrected chi connectivity index (χ2v) is 6.01. The van der Waals surface area contributed by atoms with Gasteiger partial charge >= 0.3 is 0 Å². The minimum absolute atomic E-state index is 0.103. The summed E-state index contributed by atoms with van der Waals surface area (Å²) in [5.41, 5.74) is 14.2. The highest BCUT2D eigenvalue weighted by Crippen LogP contribution is 2.33. The number of hydrogen-bond acceptors (Lipinski definition) is 6. The van der Waals surface area contributed by atoms with Gasteiger partial charge in [-0.1, -0.05) is 26.0 Å². The summed E-state index contributed by atoms with van der Waals surface area (Å²) in [6.45, 7) is 7.79. The van der Waals surface area contributed by atoms with Crippen molar-refractivity contribution >= 4 is 39.0 Å². The molecule has 0 radical (unpaired) electrons. The Morgan fingerprint density at radius 1 is 1.16 bits per heavy atom. The largest absolute Gasteiger partial charge is 0.453 e. The fourth-order valence-corrected chi connectivity index (χ4v) is 3.04. The van der Waals surface area contributed by atoms with Crippen LogP contribution in [0.3, 0.4) is 0 Å². The predicted octanol–water partition coefficient (Wildman–Crippen LogP) is 2.86. The predicted molar refractivity (Wildman–Crippen MR) is 105 cm³/mol. The number of likely N-dealkylation sites (N-methyl/N-ethyl adjacent to an activating group) is 1. The summed E-state index contributed by atoms with van der Waals surface area (Å²) < 4.78 is 5.89. The lowest BCUT2D eigenvalue weighted by Crippen LogP contribution is -2.28. The van der Waals surface area contributed by atoms with E-state index in [-0.39, 0.29) is 5.43 Å². The molecule has 132 valence electrons. The molecule has 1 heterocycles. The van der Waals surface area contributed by atoms with Crippen molar-refractivity contribution in [2.75, 3.05) is 43.0 Å². The Bertz CT molecular complexity index is 961. The number of para-hydroxylation sites is 1. The average molecular weight is 340 g/mol. The van der Waals surface area contributed by atoms with E-state index in [0.29, 0.717) is 45.5 Å². The molecule has 0 atom stereocenters. The molecule has 0 saturated carbocycles. The van der Waals surface area contributed by atoms with Crippen LogP contribution in [0.15, 0.2) is 39.5 Å². The summed E-state index contributed by atoms with van der Waals surface area (Å²) in [6, 6.07) is 8.87. The Balaban J connectivity index is 2.10. The lowest BCUT2D eigenvalue weighted by atomic mass is 10.1. The van der Waals surface area contributed by atoms with E-state index < -0.39 is 0 Å². The van der Waals surface area contributed by atoms with Gasteiger partial charge in [-0.05, 0) is 31.3 Å². The van der Waals surface area contributed by atoms with Gasteiger partial charge in [0, 0.05) is 13.1 Å². The molecule has 1 aromatic heterocycles. The lowest BCUT2D eigenvalue weighted by molar-refractivity contribution is 0.316. The van der Waals surface area contributed by atoms with Crippen LogP contribution in [-0.2, 0) is 0 Å². The summed E-state index contributed by atoms with van der Waals surface area (Å²) in [4.78, 5) is 15.3. The smallest absolute Gasteiger partial charge is 0.202 e. The number of nitrogen functional groups attached to an aromatic ring is 2. The van der Waals surface area contributed by atoms with E-state index in [9.17, 15) is 4.79 Å². The molecule has 0 amide bonds. The van der Waals surface area contributed by atoms with Gasteiger partial charge in [-0.2, -0.15) is 0 Å². The van der Waals surface area contributed by atoms with E-state index in [1.54, 1.807) is 18.2 Å². The van der Waals surface area contributed by atoms with E-state index in [4.69, 9.17) is 15.9 Å². The zero-order chi connectivity index (χ0) is 18.0. The first-order valence-corrected chi connectivity index (χ1v) is 8.56. The van der Waals surface area contributed by atoms with Gasteiger partial charge in [-0.3, -0.25) is 4.79 Å². The van der Waals surface area contributed by atoms with E-state index in [0.717, 1.165) is 19.6 Å². The van der Waals surface area contributed by atoms with Gasteiger partial charge in [0.1, 0.15) is 5.58 Å². The van der Waals surface area contributed by atoms with Gasteiger partial charge in [-0.15, -0.1) is 0 Å². The Morgan fingerprint density at radius 3 is 2.60 bits per heavy atom. The third-order valence-electron chi connectivity index (χ3n) is 4.56. The molecule has 25 heavy (non-hydrogen) atoms. The average Bonchev–Trinajstić information content (AvgIpc) is 2.63. The molecule has 3 rings (SSSR count). The maximum Gasteiger partial charge on any atom is 0.202 e. The minimum Gasteiger partial charge on any atom is -0.453 e. The fraction of sp³-hybridized carbons (Fsp3) is 0.316. The molecule has 0 bridgehead atoms. The third kappa shape index (κ3) is 3.13. The highest BCUT2D eigenvalue weighted by atomic mass is 16.3. The second kappa shape index (κ2) is 7.03. The molecule has 0 spiro atoms. The number of benzene rings is 2. The first-order chi connectivity index (χ1) is 12.1. The van der Waals surface area contributed by atoms with Crippen LogP contribution in [0.2, 0.25) is 0 Å². The molecule has 5 N–H and O–H groups in total. The highest BCUT2D eigenvalue weighted by Gasteiger charge is 2.16. The number of fused-ring (bicyclic) bond motifs is 2. The van der Waals surface area contributed by atoms with Crippen molar-refractivity contribution < 1.29 is 4.42 Å². The van der Waals surface area contributed by atoms with Crippen LogP contribution in [0, 0.1) is 0 Å². The van der Waals surface area contributed by atoms with Crippen LogP contribution in [0.4, 0.5) is 17.1 Å². The topological polar surface area (TPSA) is 97.5 Å². The Morgan fingerprint density at radius 2 is 1.88 bits per heavy atom. The summed E-state index contributed by atoms with van der Waals surface area (Å²) in [6.07, 6.45) is 0. The maximum absolute atomic E-state index is 13.0. The monoisotopic (exact) mass is 340 g/mol. The van der Waals surface area contributed by atoms with Crippen molar-refractivity contribution in [3.63, 3.8) is 0 Å². The highest BCUT2D eigenvalue weighted by molar-refractivity contribution is 6.05. The summed E-state index contributed by atoms with van der Waals surface area (Å²) in [5.74, 6) is 0. The van der Waals surface area contributed by atoms with Crippen LogP contribution in [0.5, 0.6) is 0 Å². The molecular formula is C19H24N4O2. The van der Waals surface area contributed by atoms with Gasteiger partial charge in [0.15, 0.2) is 5.58 Å². The SMILES string of the molecule is CCN(CC)CCNc1cc(N)c(N)c2oc3ccccc3c(=O)c12. The van der Waals surface area contributed by atoms with E-state index in [2.05, 4.69) is 24.1 Å². The van der Waals surface area contributed by atoms with Crippen molar-refractivity contribution in [1.29, 1.82) is 0 Å². The molecular weight excluding hydrogens is 316 g/mol. The van der Waals surface area contributed by atoms with Gasteiger partial charge in [0.05, 0.1) is 27.8 Å². The Kier molecular flexibility index (Phi) is 4.81. The molecule has 0 fully saturated rings. The van der Waals surface area contributed by atoms with Crippen molar-refractivity contribution in [1.82, 2.24) is 4.90 Å². The van der Waals surface area contributed by atoms with Crippen molar-refractivity contribution in [3.8, 4) is 0 Å². The Hall–Kier alpha value is -2.73. The number of nitrogens with one attached hydrogen (secondary N) is 1. The van der Waals surface area contributed by atoms with Crippen molar-refractivity contribution in [3.05, 3.63) is 40.6 Å². The first kappa shape index (κ1) is 17.1. The van der Waals surface area contributed by atoms with Crippen LogP contribution in [0.25, 0.3) is 21.9 Å². The molecule has 3 aromatic rings. The van der Waals surface area contributed by atoms with Crippen LogP contribution >= 0.6 is 0 Å². The molecule has 0 aliphatic carbocycles. The summed E-state index contributed by atoms with van der Waals surface area (Å²) >= 11 is 0. The standard InChI is InChI=1S/C19H24N4O2/c1-3-23(4-2)10-9-22-14-11-13(20)17(21)19-16(14)18(24)12-7-5-6-8-15(12)25-19/h5-8,11,22H,3-4,9-10,20-21H2,1-2H3. The van der Waals surface area contributed by atoms with Crippen LogP contribution in [-0.4, -0.2) is 31.1 Å². The summed E-state index contributed by atoms with van der Waals surface area (Å²) in [7, 11) is 0. The number of nitrogens with two attached hydrogens (primary N) is 2. The fourth-order valence-electron chi connectivity index (χ4n) is 3.04. The zero-order valence-corrected chi connectivity index (χ0v) is 14.6. The lowest BCUT2D eigenvalue weighted by Gasteiger charge is -2.19. The van der Waals surface area contributed by atoms with Crippen LogP contribution < -0.4 is 22.2 Å². The van der Waals surface area contributed by atoms with E-state index in [1.807, 2.05) is 12.1 Å². The minimum atomic E-state index is -0.103. The van der Waals surface area contributed by atoms with Gasteiger partial charge in [0.2, 0.25) is 5.43 Å². The van der Waals surface area contributed by atoms with Crippen molar-refractivity contribution in [2.45, 2.75) is 13.8 Å². The number of rotatable bonds is 6. The number of hydrogen-bond donors (Lipinski definition) is 3. The Labute approximate surface area is 146 Å². The van der Waals surface area contributed by atoms with Gasteiger partial charge in [-0.25, -0.2) is 0 Å². The van der Waals surface area contributed by atoms with Gasteiger partial charge < -0.3 is 26.1 Å². The molecule has 0 unspecified atom stereocenters. The van der Waals surface area contributed by atoms with Gasteiger partial charge in [0.25, 0.3) is 0 Å². The molecule has 0 aliphatic heterocycles. The zero-order valence-electron chi connectivity index (χ0n) is 14.6. The van der Waals surface area contributed by atoms with E-state index >= 15 is 0 Å². The van der Waals surface area contributed by atoms with E-state index in [1.165, 1.54) is 0 Å². The molecule has 2 aromatic carbocycles. The molecule has 6 nitrogen and oxygen atoms in total. The first-order valence-electron chi connectivity index (χ1n) is 8.56. The number of nitrogens with zero attached hydrogens (tertiary/aromatic N) is 1.